The first-order valence-corrected chi connectivity index (χ1v) is 11.2. The van der Waals surface area contributed by atoms with Crippen LogP contribution in [0.4, 0.5) is 0 Å². The third-order valence-electron chi connectivity index (χ3n) is 3.53. The number of carbonyl (C=O) groups excluding carboxylic acids is 2. The van der Waals surface area contributed by atoms with Crippen LogP contribution >= 0.6 is 11.3 Å². The van der Waals surface area contributed by atoms with Gasteiger partial charge in [0.05, 0.1) is 12.0 Å². The highest BCUT2D eigenvalue weighted by Crippen LogP contribution is 2.39. The molecule has 0 saturated heterocycles. The van der Waals surface area contributed by atoms with E-state index in [0.29, 0.717) is 10.6 Å². The third kappa shape index (κ3) is 4.55. The first-order valence-electron chi connectivity index (χ1n) is 7.91. The molecule has 25 heavy (non-hydrogen) atoms. The Morgan fingerprint density at radius 2 is 1.92 bits per heavy atom. The van der Waals surface area contributed by atoms with Crippen molar-refractivity contribution < 1.29 is 19.1 Å². The lowest BCUT2D eigenvalue weighted by Gasteiger charge is -2.24. The van der Waals surface area contributed by atoms with Crippen LogP contribution in [0.15, 0.2) is 23.7 Å². The molecule has 0 aliphatic carbocycles. The van der Waals surface area contributed by atoms with E-state index in [1.54, 1.807) is 17.5 Å². The largest absolute Gasteiger partial charge is 0.540 e. The zero-order valence-electron chi connectivity index (χ0n) is 15.0. The fraction of sp³-hybridized carbons (Fsp3) is 0.389. The van der Waals surface area contributed by atoms with E-state index >= 15 is 0 Å². The van der Waals surface area contributed by atoms with Crippen molar-refractivity contribution in [3.63, 3.8) is 0 Å². The zero-order valence-corrected chi connectivity index (χ0v) is 16.9. The summed E-state index contributed by atoms with van der Waals surface area (Å²) in [6, 6.07) is 3.48. The topological polar surface area (TPSA) is 76.5 Å². The Labute approximate surface area is 153 Å². The second-order valence-electron chi connectivity index (χ2n) is 6.96. The maximum Gasteiger partial charge on any atom is 0.274 e. The maximum atomic E-state index is 12.8. The Balaban J connectivity index is 2.45. The standard InChI is InChI=1S/C18H22NO4SSi/c1-18(2,3)11-6-7-14(23-25(4)5)16(22)15(11)12(20)10-13(21)17-19-8-9-24-17/h6-9,22H,10H2,1-5H3. The van der Waals surface area contributed by atoms with Crippen LogP contribution in [0.5, 0.6) is 11.5 Å². The van der Waals surface area contributed by atoms with E-state index in [0.717, 1.165) is 0 Å². The minimum atomic E-state index is -1.10. The zero-order chi connectivity index (χ0) is 18.8. The van der Waals surface area contributed by atoms with E-state index in [1.165, 1.54) is 17.5 Å². The normalized spacial score (nSPS) is 11.6. The average molecular weight is 377 g/mol. The molecule has 1 aromatic carbocycles. The molecule has 5 nitrogen and oxygen atoms in total. The minimum absolute atomic E-state index is 0.165. The van der Waals surface area contributed by atoms with Crippen molar-refractivity contribution in [1.29, 1.82) is 0 Å². The molecule has 0 bridgehead atoms. The molecule has 0 unspecified atom stereocenters. The SMILES string of the molecule is C[Si](C)Oc1ccc(C(C)(C)C)c(C(=O)CC(=O)c2nccs2)c1O. The molecule has 1 heterocycles. The second kappa shape index (κ2) is 7.49. The Kier molecular flexibility index (Phi) is 5.79. The van der Waals surface area contributed by atoms with Gasteiger partial charge in [-0.1, -0.05) is 26.8 Å². The highest BCUT2D eigenvalue weighted by atomic mass is 32.1. The summed E-state index contributed by atoms with van der Waals surface area (Å²) in [6.45, 7) is 9.74. The van der Waals surface area contributed by atoms with Gasteiger partial charge in [-0.25, -0.2) is 4.98 Å². The van der Waals surface area contributed by atoms with E-state index in [1.807, 2.05) is 33.9 Å². The molecule has 0 saturated carbocycles. The predicted molar refractivity (Wildman–Crippen MR) is 100 cm³/mol. The Morgan fingerprint density at radius 1 is 1.24 bits per heavy atom. The molecule has 0 amide bonds. The van der Waals surface area contributed by atoms with Crippen molar-refractivity contribution in [1.82, 2.24) is 4.98 Å². The maximum absolute atomic E-state index is 12.8. The van der Waals surface area contributed by atoms with Gasteiger partial charge in [0.2, 0.25) is 0 Å². The van der Waals surface area contributed by atoms with Crippen molar-refractivity contribution in [2.75, 3.05) is 0 Å². The number of thiazole rings is 1. The smallest absolute Gasteiger partial charge is 0.274 e. The van der Waals surface area contributed by atoms with Crippen LogP contribution in [-0.2, 0) is 5.41 Å². The molecule has 0 fully saturated rings. The van der Waals surface area contributed by atoms with Gasteiger partial charge in [0.1, 0.15) is 5.75 Å². The Hall–Kier alpha value is -1.99. The van der Waals surface area contributed by atoms with Crippen LogP contribution in [0, 0.1) is 0 Å². The van der Waals surface area contributed by atoms with Gasteiger partial charge in [-0.2, -0.15) is 0 Å². The number of carbonyl (C=O) groups is 2. The van der Waals surface area contributed by atoms with Gasteiger partial charge in [-0.3, -0.25) is 9.59 Å². The highest BCUT2D eigenvalue weighted by Gasteiger charge is 2.28. The molecule has 7 heteroatoms. The molecule has 133 valence electrons. The van der Waals surface area contributed by atoms with Crippen molar-refractivity contribution >= 4 is 31.9 Å². The van der Waals surface area contributed by atoms with E-state index in [4.69, 9.17) is 4.43 Å². The van der Waals surface area contributed by atoms with Crippen LogP contribution in [0.3, 0.4) is 0 Å². The van der Waals surface area contributed by atoms with Gasteiger partial charge in [0.15, 0.2) is 22.3 Å². The number of phenolic OH excluding ortho intramolecular Hbond substituents is 1. The predicted octanol–water partition coefficient (Wildman–Crippen LogP) is 4.23. The van der Waals surface area contributed by atoms with E-state index in [9.17, 15) is 14.7 Å². The number of rotatable bonds is 6. The Bertz CT molecular complexity index is 779. The molecule has 2 aromatic rings. The van der Waals surface area contributed by atoms with Crippen LogP contribution in [0.25, 0.3) is 0 Å². The molecule has 0 atom stereocenters. The number of hydrogen-bond acceptors (Lipinski definition) is 6. The molecular weight excluding hydrogens is 354 g/mol. The minimum Gasteiger partial charge on any atom is -0.540 e. The molecule has 0 aliphatic heterocycles. The molecule has 1 aromatic heterocycles. The summed E-state index contributed by atoms with van der Waals surface area (Å²) in [5.41, 5.74) is 0.491. The quantitative estimate of drug-likeness (QED) is 0.464. The molecule has 0 spiro atoms. The fourth-order valence-electron chi connectivity index (χ4n) is 2.45. The number of nitrogens with zero attached hydrogens (tertiary/aromatic N) is 1. The summed E-state index contributed by atoms with van der Waals surface area (Å²) in [5, 5.41) is 12.6. The van der Waals surface area contributed by atoms with E-state index in [-0.39, 0.29) is 34.7 Å². The number of aromatic nitrogens is 1. The van der Waals surface area contributed by atoms with Gasteiger partial charge < -0.3 is 9.53 Å². The van der Waals surface area contributed by atoms with Crippen molar-refractivity contribution in [3.05, 3.63) is 39.8 Å². The molecule has 1 radical (unpaired) electrons. The summed E-state index contributed by atoms with van der Waals surface area (Å²) >= 11 is 1.20. The Morgan fingerprint density at radius 3 is 2.44 bits per heavy atom. The van der Waals surface area contributed by atoms with Crippen LogP contribution in [-0.4, -0.2) is 30.7 Å². The number of ketones is 2. The van der Waals surface area contributed by atoms with Gasteiger partial charge in [-0.05, 0) is 30.1 Å². The lowest BCUT2D eigenvalue weighted by atomic mass is 9.81. The van der Waals surface area contributed by atoms with Gasteiger partial charge in [-0.15, -0.1) is 11.3 Å². The van der Waals surface area contributed by atoms with Crippen LogP contribution in [0.2, 0.25) is 13.1 Å². The van der Waals surface area contributed by atoms with Crippen molar-refractivity contribution in [2.45, 2.75) is 45.7 Å². The lowest BCUT2D eigenvalue weighted by molar-refractivity contribution is 0.0891. The number of aromatic hydroxyl groups is 1. The van der Waals surface area contributed by atoms with Crippen LogP contribution in [0.1, 0.15) is 52.9 Å². The number of Topliss-reactive ketones (excluding diaryl/α,β-unsaturated/α-hetero) is 2. The van der Waals surface area contributed by atoms with Crippen molar-refractivity contribution in [3.8, 4) is 11.5 Å². The van der Waals surface area contributed by atoms with E-state index in [2.05, 4.69) is 4.98 Å². The summed E-state index contributed by atoms with van der Waals surface area (Å²) < 4.78 is 5.69. The van der Waals surface area contributed by atoms with Gasteiger partial charge in [0, 0.05) is 11.6 Å². The fourth-order valence-corrected chi connectivity index (χ4v) is 3.63. The first-order chi connectivity index (χ1) is 11.6. The van der Waals surface area contributed by atoms with Crippen molar-refractivity contribution in [2.24, 2.45) is 0 Å². The molecule has 1 N–H and O–H groups in total. The second-order valence-corrected chi connectivity index (χ2v) is 9.87. The summed E-state index contributed by atoms with van der Waals surface area (Å²) in [6.07, 6.45) is 1.20. The monoisotopic (exact) mass is 376 g/mol. The summed E-state index contributed by atoms with van der Waals surface area (Å²) in [7, 11) is -1.10. The summed E-state index contributed by atoms with van der Waals surface area (Å²) in [5.74, 6) is -0.664. The average Bonchev–Trinajstić information content (AvgIpc) is 3.01. The highest BCUT2D eigenvalue weighted by molar-refractivity contribution is 7.11. The van der Waals surface area contributed by atoms with E-state index < -0.39 is 14.8 Å². The molecular formula is C18H22NO4SSi. The third-order valence-corrected chi connectivity index (χ3v) is 4.98. The molecule has 2 rings (SSSR count). The molecule has 0 aliphatic rings. The van der Waals surface area contributed by atoms with Gasteiger partial charge in [0.25, 0.3) is 9.04 Å². The van der Waals surface area contributed by atoms with Gasteiger partial charge >= 0.3 is 0 Å². The number of hydrogen-bond donors (Lipinski definition) is 1. The summed E-state index contributed by atoms with van der Waals surface area (Å²) in [4.78, 5) is 29.0. The first kappa shape index (κ1) is 19.3. The number of phenols is 1. The lowest BCUT2D eigenvalue weighted by Crippen LogP contribution is -2.20. The van der Waals surface area contributed by atoms with Crippen LogP contribution < -0.4 is 4.43 Å². The number of benzene rings is 1.